The molecule has 0 aliphatic rings. The molecule has 3 aromatic heterocycles. The van der Waals surface area contributed by atoms with Gasteiger partial charge in [0.05, 0.1) is 22.4 Å². The zero-order chi connectivity index (χ0) is 23.9. The Labute approximate surface area is 203 Å². The molecule has 0 saturated heterocycles. The second-order valence-electron chi connectivity index (χ2n) is 7.00. The van der Waals surface area contributed by atoms with Crippen molar-refractivity contribution in [3.05, 3.63) is 77.9 Å². The molecule has 174 valence electrons. The van der Waals surface area contributed by atoms with Crippen LogP contribution in [0.2, 0.25) is 5.02 Å². The third kappa shape index (κ3) is 4.40. The van der Waals surface area contributed by atoms with Crippen LogP contribution >= 0.6 is 22.9 Å². The van der Waals surface area contributed by atoms with Gasteiger partial charge in [0.15, 0.2) is 5.76 Å². The lowest BCUT2D eigenvalue weighted by Crippen LogP contribution is -2.16. The molecule has 0 aliphatic heterocycles. The number of rotatable bonds is 7. The smallest absolute Gasteiger partial charge is 0.295 e. The normalized spacial score (nSPS) is 12.1. The van der Waals surface area contributed by atoms with Crippen LogP contribution in [0.4, 0.5) is 11.4 Å². The molecule has 0 saturated carbocycles. The lowest BCUT2D eigenvalue weighted by molar-refractivity contribution is 0.433. The van der Waals surface area contributed by atoms with Gasteiger partial charge in [-0.25, -0.2) is 8.42 Å². The molecule has 2 N–H and O–H groups in total. The van der Waals surface area contributed by atoms with Crippen LogP contribution in [0.15, 0.2) is 91.2 Å². The Kier molecular flexibility index (Phi) is 5.60. The molecule has 0 bridgehead atoms. The Bertz CT molecular complexity index is 1670. The molecule has 2 aromatic carbocycles. The minimum atomic E-state index is -4.19. The van der Waals surface area contributed by atoms with Gasteiger partial charge in [-0.05, 0) is 36.4 Å². The van der Waals surface area contributed by atoms with Crippen LogP contribution in [0.3, 0.4) is 0 Å². The summed E-state index contributed by atoms with van der Waals surface area (Å²) in [4.78, 5) is 0.569. The minimum absolute atomic E-state index is 0.0000543. The van der Waals surface area contributed by atoms with E-state index < -0.39 is 20.0 Å². The van der Waals surface area contributed by atoms with Crippen molar-refractivity contribution in [2.75, 3.05) is 9.44 Å². The number of fused-ring (bicyclic) bond motifs is 1. The Morgan fingerprint density at radius 1 is 0.853 bits per heavy atom. The van der Waals surface area contributed by atoms with Gasteiger partial charge >= 0.3 is 0 Å². The van der Waals surface area contributed by atoms with Crippen LogP contribution in [-0.4, -0.2) is 22.0 Å². The molecule has 0 spiro atoms. The van der Waals surface area contributed by atoms with E-state index in [0.29, 0.717) is 21.6 Å². The summed E-state index contributed by atoms with van der Waals surface area (Å²) >= 11 is 7.03. The van der Waals surface area contributed by atoms with Crippen LogP contribution in [-0.2, 0) is 20.0 Å². The summed E-state index contributed by atoms with van der Waals surface area (Å²) in [7, 11) is -8.24. The van der Waals surface area contributed by atoms with Crippen LogP contribution in [0.1, 0.15) is 0 Å². The monoisotopic (exact) mass is 535 g/mol. The van der Waals surface area contributed by atoms with E-state index in [4.69, 9.17) is 20.5 Å². The second-order valence-corrected chi connectivity index (χ2v) is 12.0. The Hall–Kier alpha value is -3.32. The summed E-state index contributed by atoms with van der Waals surface area (Å²) in [6.07, 6.45) is 1.45. The van der Waals surface area contributed by atoms with Crippen molar-refractivity contribution >= 4 is 65.3 Å². The molecule has 0 aliphatic carbocycles. The number of anilines is 2. The molecule has 0 amide bonds. The molecule has 5 aromatic rings. The van der Waals surface area contributed by atoms with Crippen molar-refractivity contribution in [2.24, 2.45) is 0 Å². The maximum Gasteiger partial charge on any atom is 0.295 e. The van der Waals surface area contributed by atoms with Gasteiger partial charge in [0.1, 0.15) is 9.79 Å². The highest BCUT2D eigenvalue weighted by molar-refractivity contribution is 7.94. The first-order valence-electron chi connectivity index (χ1n) is 9.56. The summed E-state index contributed by atoms with van der Waals surface area (Å²) in [6, 6.07) is 16.9. The second kappa shape index (κ2) is 8.47. The SMILES string of the molecule is O=S(=O)(Nc1cc(Cl)ccc1NS(=O)(=O)c1ccc(-c2ccno2)s1)c1cc2ccccc2o1. The van der Waals surface area contributed by atoms with Crippen molar-refractivity contribution in [3.63, 3.8) is 0 Å². The van der Waals surface area contributed by atoms with Gasteiger partial charge in [-0.1, -0.05) is 35.0 Å². The number of hydrogen-bond donors (Lipinski definition) is 2. The minimum Gasteiger partial charge on any atom is -0.443 e. The molecular formula is C21H14ClN3O6S3. The molecule has 0 fully saturated rings. The van der Waals surface area contributed by atoms with Gasteiger partial charge in [0.25, 0.3) is 20.0 Å². The Morgan fingerprint density at radius 3 is 2.41 bits per heavy atom. The number of sulfonamides is 2. The maximum absolute atomic E-state index is 13.0. The van der Waals surface area contributed by atoms with E-state index >= 15 is 0 Å². The van der Waals surface area contributed by atoms with Crippen molar-refractivity contribution in [3.8, 4) is 10.6 Å². The number of halogens is 1. The van der Waals surface area contributed by atoms with E-state index in [0.717, 1.165) is 11.3 Å². The average Bonchev–Trinajstić information content (AvgIpc) is 3.55. The fourth-order valence-corrected chi connectivity index (χ4v) is 6.67. The summed E-state index contributed by atoms with van der Waals surface area (Å²) in [6.45, 7) is 0. The van der Waals surface area contributed by atoms with Crippen molar-refractivity contribution in [1.29, 1.82) is 0 Å². The largest absolute Gasteiger partial charge is 0.443 e. The molecule has 13 heteroatoms. The average molecular weight is 536 g/mol. The number of thiophene rings is 1. The fraction of sp³-hybridized carbons (Fsp3) is 0. The topological polar surface area (TPSA) is 132 Å². The molecule has 5 rings (SSSR count). The van der Waals surface area contributed by atoms with Gasteiger partial charge in [-0.2, -0.15) is 8.42 Å². The van der Waals surface area contributed by atoms with Crippen molar-refractivity contribution in [1.82, 2.24) is 5.16 Å². The van der Waals surface area contributed by atoms with Gasteiger partial charge in [-0.3, -0.25) is 9.44 Å². The molecule has 0 atom stereocenters. The molecule has 34 heavy (non-hydrogen) atoms. The van der Waals surface area contributed by atoms with Crippen molar-refractivity contribution < 1.29 is 25.8 Å². The first kappa shape index (κ1) is 22.5. The van der Waals surface area contributed by atoms with Crippen LogP contribution < -0.4 is 9.44 Å². The number of benzene rings is 2. The van der Waals surface area contributed by atoms with Gasteiger partial charge < -0.3 is 8.94 Å². The highest BCUT2D eigenvalue weighted by Gasteiger charge is 2.24. The summed E-state index contributed by atoms with van der Waals surface area (Å²) in [5.74, 6) is 0.428. The molecule has 3 heterocycles. The molecule has 0 unspecified atom stereocenters. The third-order valence-corrected chi connectivity index (χ3v) is 9.08. The molecular weight excluding hydrogens is 522 g/mol. The van der Waals surface area contributed by atoms with Crippen LogP contribution in [0.5, 0.6) is 0 Å². The number of para-hydroxylation sites is 1. The van der Waals surface area contributed by atoms with E-state index in [1.165, 1.54) is 36.5 Å². The number of nitrogens with one attached hydrogen (secondary N) is 2. The summed E-state index contributed by atoms with van der Waals surface area (Å²) in [5, 5.41) is 4.10. The first-order chi connectivity index (χ1) is 16.2. The highest BCUT2D eigenvalue weighted by Crippen LogP contribution is 2.34. The third-order valence-electron chi connectivity index (χ3n) is 4.66. The van der Waals surface area contributed by atoms with E-state index in [-0.39, 0.29) is 25.7 Å². The van der Waals surface area contributed by atoms with E-state index in [2.05, 4.69) is 14.6 Å². The Morgan fingerprint density at radius 2 is 1.65 bits per heavy atom. The fourth-order valence-electron chi connectivity index (χ4n) is 3.11. The summed E-state index contributed by atoms with van der Waals surface area (Å²) in [5.41, 5.74) is 0.317. The van der Waals surface area contributed by atoms with Crippen molar-refractivity contribution in [2.45, 2.75) is 9.30 Å². The molecule has 9 nitrogen and oxygen atoms in total. The van der Waals surface area contributed by atoms with Gasteiger partial charge in [-0.15, -0.1) is 11.3 Å². The number of nitrogens with zero attached hydrogens (tertiary/aromatic N) is 1. The molecule has 0 radical (unpaired) electrons. The standard InChI is InChI=1S/C21H14ClN3O6S3/c22-14-5-6-15(24-34(28,29)21-8-7-19(32-21)18-9-10-23-31-18)16(12-14)25-33(26,27)20-11-13-3-1-2-4-17(13)30-20/h1-12,24-25H. The van der Waals surface area contributed by atoms with Crippen LogP contribution in [0, 0.1) is 0 Å². The lowest BCUT2D eigenvalue weighted by Gasteiger charge is -2.13. The predicted octanol–water partition coefficient (Wildman–Crippen LogP) is 5.40. The van der Waals surface area contributed by atoms with Gasteiger partial charge in [0.2, 0.25) is 5.09 Å². The number of aromatic nitrogens is 1. The highest BCUT2D eigenvalue weighted by atomic mass is 35.5. The van der Waals surface area contributed by atoms with E-state index in [9.17, 15) is 16.8 Å². The Balaban J connectivity index is 1.46. The predicted molar refractivity (Wildman–Crippen MR) is 129 cm³/mol. The van der Waals surface area contributed by atoms with E-state index in [1.807, 2.05) is 0 Å². The maximum atomic E-state index is 13.0. The first-order valence-corrected chi connectivity index (χ1v) is 13.7. The van der Waals surface area contributed by atoms with Gasteiger partial charge in [0, 0.05) is 22.5 Å². The van der Waals surface area contributed by atoms with Crippen LogP contribution in [0.25, 0.3) is 21.6 Å². The quantitative estimate of drug-likeness (QED) is 0.285. The van der Waals surface area contributed by atoms with E-state index in [1.54, 1.807) is 36.4 Å². The zero-order valence-corrected chi connectivity index (χ0v) is 20.1. The number of hydrogen-bond acceptors (Lipinski definition) is 8. The number of furan rings is 1. The summed E-state index contributed by atoms with van der Waals surface area (Å²) < 4.78 is 67.2. The zero-order valence-electron chi connectivity index (χ0n) is 16.9. The lowest BCUT2D eigenvalue weighted by atomic mass is 10.3.